The second-order valence-corrected chi connectivity index (χ2v) is 6.46. The van der Waals surface area contributed by atoms with E-state index in [-0.39, 0.29) is 34.9 Å². The molecule has 0 radical (unpaired) electrons. The standard InChI is InChI=1S/C18H21FN4O4/c1-27-14-4-2-3-12(19)15(14)17(25)22-13-9-20-23-16(13)18(26)21-10-5-7-11(24)8-6-10/h2-4,9-11,24H,5-8H2,1H3,(H,20,23)(H,21,26)(H,22,25)/p+1. The maximum atomic E-state index is 14.1. The van der Waals surface area contributed by atoms with Gasteiger partial charge in [0.15, 0.2) is 0 Å². The predicted octanol–water partition coefficient (Wildman–Crippen LogP) is -0.242. The molecule has 8 nitrogen and oxygen atoms in total. The number of nitrogens with one attached hydrogen (secondary N) is 2. The third-order valence-electron chi connectivity index (χ3n) is 4.62. The van der Waals surface area contributed by atoms with E-state index in [1.165, 1.54) is 30.9 Å². The first kappa shape index (κ1) is 19.0. The van der Waals surface area contributed by atoms with Crippen molar-refractivity contribution in [2.45, 2.75) is 37.8 Å². The smallest absolute Gasteiger partial charge is 0.278 e. The Kier molecular flexibility index (Phi) is 5.82. The van der Waals surface area contributed by atoms with Gasteiger partial charge in [-0.2, -0.15) is 5.43 Å². The van der Waals surface area contributed by atoms with Gasteiger partial charge in [-0.15, -0.1) is 0 Å². The van der Waals surface area contributed by atoms with Crippen LogP contribution in [0, 0.1) is 5.82 Å². The van der Waals surface area contributed by atoms with E-state index in [1.54, 1.807) is 0 Å². The number of aliphatic hydroxyl groups is 1. The molecular weight excluding hydrogens is 355 g/mol. The lowest BCUT2D eigenvalue weighted by Crippen LogP contribution is -2.69. The number of amides is 2. The van der Waals surface area contributed by atoms with Gasteiger partial charge in [-0.1, -0.05) is 11.2 Å². The van der Waals surface area contributed by atoms with E-state index in [0.29, 0.717) is 25.7 Å². The van der Waals surface area contributed by atoms with Crippen LogP contribution in [0.2, 0.25) is 0 Å². The molecular formula is C18H22FN4O4+. The lowest BCUT2D eigenvalue weighted by molar-refractivity contribution is -0.590. The summed E-state index contributed by atoms with van der Waals surface area (Å²) in [6.45, 7) is 0. The van der Waals surface area contributed by atoms with Crippen LogP contribution in [0.5, 0.6) is 5.75 Å². The van der Waals surface area contributed by atoms with Crippen molar-refractivity contribution in [3.05, 3.63) is 41.5 Å². The first-order valence-corrected chi connectivity index (χ1v) is 8.74. The molecule has 1 saturated carbocycles. The van der Waals surface area contributed by atoms with Crippen molar-refractivity contribution in [1.82, 2.24) is 10.6 Å². The summed E-state index contributed by atoms with van der Waals surface area (Å²) >= 11 is 0. The van der Waals surface area contributed by atoms with Crippen molar-refractivity contribution in [1.29, 1.82) is 0 Å². The Balaban J connectivity index is 1.66. The van der Waals surface area contributed by atoms with Crippen LogP contribution in [0.3, 0.4) is 0 Å². The van der Waals surface area contributed by atoms with E-state index in [2.05, 4.69) is 15.7 Å². The molecule has 0 bridgehead atoms. The molecule has 1 aliphatic carbocycles. The van der Waals surface area contributed by atoms with Crippen LogP contribution < -0.4 is 20.8 Å². The van der Waals surface area contributed by atoms with Crippen LogP contribution >= 0.6 is 0 Å². The zero-order valence-electron chi connectivity index (χ0n) is 14.9. The van der Waals surface area contributed by atoms with Crippen molar-refractivity contribution >= 4 is 17.5 Å². The maximum Gasteiger partial charge on any atom is 0.278 e. The summed E-state index contributed by atoms with van der Waals surface area (Å²) in [5, 5.41) is 18.9. The molecule has 1 aromatic rings. The first-order valence-electron chi connectivity index (χ1n) is 8.74. The van der Waals surface area contributed by atoms with Crippen molar-refractivity contribution in [2.24, 2.45) is 5.10 Å². The van der Waals surface area contributed by atoms with Gasteiger partial charge in [0.05, 0.1) is 13.2 Å². The zero-order chi connectivity index (χ0) is 19.4. The number of ether oxygens (including phenoxy) is 1. The average molecular weight is 377 g/mol. The molecule has 1 aromatic carbocycles. The zero-order valence-corrected chi connectivity index (χ0v) is 14.9. The molecule has 2 amide bonds. The summed E-state index contributed by atoms with van der Waals surface area (Å²) in [5.41, 5.74) is 1.41. The van der Waals surface area contributed by atoms with Gasteiger partial charge < -0.3 is 20.5 Å². The highest BCUT2D eigenvalue weighted by Crippen LogP contribution is 2.21. The van der Waals surface area contributed by atoms with Gasteiger partial charge in [0.2, 0.25) is 5.71 Å². The highest BCUT2D eigenvalue weighted by atomic mass is 19.1. The molecule has 5 N–H and O–H groups in total. The van der Waals surface area contributed by atoms with Gasteiger partial charge in [-0.3, -0.25) is 9.59 Å². The predicted molar refractivity (Wildman–Crippen MR) is 94.3 cm³/mol. The molecule has 9 heteroatoms. The number of hydrogen-bond acceptors (Lipinski definition) is 5. The monoisotopic (exact) mass is 377 g/mol. The summed E-state index contributed by atoms with van der Waals surface area (Å²) in [7, 11) is 1.34. The maximum absolute atomic E-state index is 14.1. The Morgan fingerprint density at radius 3 is 2.70 bits per heavy atom. The fourth-order valence-corrected chi connectivity index (χ4v) is 3.17. The normalized spacial score (nSPS) is 21.9. The topological polar surface area (TPSA) is 117 Å². The summed E-state index contributed by atoms with van der Waals surface area (Å²) < 4.78 is 19.1. The molecule has 144 valence electrons. The molecule has 0 spiro atoms. The van der Waals surface area contributed by atoms with E-state index in [0.717, 1.165) is 6.07 Å². The number of rotatable bonds is 5. The second-order valence-electron chi connectivity index (χ2n) is 6.46. The van der Waals surface area contributed by atoms with Crippen molar-refractivity contribution < 1.29 is 29.2 Å². The number of nitrogens with two attached hydrogens (primary N) is 1. The number of aliphatic hydroxyl groups excluding tert-OH is 1. The van der Waals surface area contributed by atoms with Crippen molar-refractivity contribution in [3.63, 3.8) is 0 Å². The summed E-state index contributed by atoms with van der Waals surface area (Å²) in [4.78, 5) is 25.0. The van der Waals surface area contributed by atoms with Crippen molar-refractivity contribution in [3.8, 4) is 5.75 Å². The number of carbonyl (C=O) groups is 2. The minimum Gasteiger partial charge on any atom is -0.496 e. The van der Waals surface area contributed by atoms with Crippen LogP contribution in [0.15, 0.2) is 35.2 Å². The van der Waals surface area contributed by atoms with Gasteiger partial charge in [0.25, 0.3) is 11.8 Å². The molecule has 1 fully saturated rings. The summed E-state index contributed by atoms with van der Waals surface area (Å²) in [6.07, 6.45) is 3.79. The van der Waals surface area contributed by atoms with Gasteiger partial charge in [0.1, 0.15) is 29.0 Å². The molecule has 1 aliphatic heterocycles. The van der Waals surface area contributed by atoms with Gasteiger partial charge in [-0.05, 0) is 37.8 Å². The molecule has 0 aromatic heterocycles. The number of benzene rings is 1. The molecule has 0 saturated heterocycles. The quantitative estimate of drug-likeness (QED) is 0.530. The van der Waals surface area contributed by atoms with Crippen LogP contribution in [0.1, 0.15) is 36.0 Å². The molecule has 3 rings (SSSR count). The number of quaternary nitrogens is 1. The van der Waals surface area contributed by atoms with Crippen LogP contribution in [0.4, 0.5) is 4.39 Å². The Morgan fingerprint density at radius 2 is 2.00 bits per heavy atom. The van der Waals surface area contributed by atoms with E-state index in [1.807, 2.05) is 0 Å². The minimum atomic E-state index is -0.729. The van der Waals surface area contributed by atoms with E-state index in [9.17, 15) is 19.1 Å². The Morgan fingerprint density at radius 1 is 1.26 bits per heavy atom. The number of halogens is 1. The molecule has 0 unspecified atom stereocenters. The lowest BCUT2D eigenvalue weighted by Gasteiger charge is -2.26. The fourth-order valence-electron chi connectivity index (χ4n) is 3.17. The number of nitrogens with zero attached hydrogens (tertiary/aromatic N) is 1. The van der Waals surface area contributed by atoms with Crippen LogP contribution in [0.25, 0.3) is 0 Å². The third-order valence-corrected chi connectivity index (χ3v) is 4.62. The molecule has 27 heavy (non-hydrogen) atoms. The van der Waals surface area contributed by atoms with Crippen LogP contribution in [-0.4, -0.2) is 41.9 Å². The third kappa shape index (κ3) is 4.32. The minimum absolute atomic E-state index is 0.0483. The Hall–Kier alpha value is -2.78. The SMILES string of the molecule is COc1cccc(F)c1C(=O)NC1=C[NH2+]N=C1C(=O)NC1CCC(O)CC1. The first-order chi connectivity index (χ1) is 13.0. The fraction of sp³-hybridized carbons (Fsp3) is 0.389. The summed E-state index contributed by atoms with van der Waals surface area (Å²) in [5.74, 6) is -1.78. The van der Waals surface area contributed by atoms with E-state index >= 15 is 0 Å². The van der Waals surface area contributed by atoms with Crippen molar-refractivity contribution in [2.75, 3.05) is 7.11 Å². The van der Waals surface area contributed by atoms with Gasteiger partial charge >= 0.3 is 0 Å². The number of hydrogen-bond donors (Lipinski definition) is 4. The Bertz CT molecular complexity index is 801. The largest absolute Gasteiger partial charge is 0.496 e. The van der Waals surface area contributed by atoms with Crippen LogP contribution in [-0.2, 0) is 4.79 Å². The molecule has 0 atom stereocenters. The second kappa shape index (κ2) is 8.28. The van der Waals surface area contributed by atoms with Gasteiger partial charge in [-0.25, -0.2) is 4.39 Å². The summed E-state index contributed by atoms with van der Waals surface area (Å²) in [6, 6.07) is 4.03. The average Bonchev–Trinajstić information content (AvgIpc) is 3.11. The number of methoxy groups -OCH3 is 1. The highest BCUT2D eigenvalue weighted by Gasteiger charge is 2.30. The molecule has 1 heterocycles. The lowest BCUT2D eigenvalue weighted by atomic mass is 9.93. The molecule has 2 aliphatic rings. The number of carbonyl (C=O) groups excluding carboxylic acids is 2. The Labute approximate surface area is 155 Å². The highest BCUT2D eigenvalue weighted by molar-refractivity contribution is 6.45. The van der Waals surface area contributed by atoms with E-state index < -0.39 is 17.6 Å². The van der Waals surface area contributed by atoms with Gasteiger partial charge in [0, 0.05) is 6.04 Å². The van der Waals surface area contributed by atoms with E-state index in [4.69, 9.17) is 4.74 Å².